The molecule has 0 aliphatic carbocycles. The Morgan fingerprint density at radius 1 is 1.07 bits per heavy atom. The van der Waals surface area contributed by atoms with E-state index in [4.69, 9.17) is 9.47 Å². The molecule has 146 valence electrons. The van der Waals surface area contributed by atoms with Crippen molar-refractivity contribution in [2.24, 2.45) is 0 Å². The molecule has 0 bridgehead atoms. The second kappa shape index (κ2) is 8.89. The second-order valence-corrected chi connectivity index (χ2v) is 7.48. The maximum atomic E-state index is 13.3. The number of carbonyl (C=O) groups excluding carboxylic acids is 1. The topological polar surface area (TPSA) is 47.6 Å². The van der Waals surface area contributed by atoms with E-state index in [0.717, 1.165) is 10.4 Å². The van der Waals surface area contributed by atoms with Crippen molar-refractivity contribution in [1.29, 1.82) is 0 Å². The largest absolute Gasteiger partial charge is 0.493 e. The Bertz CT molecular complexity index is 923. The highest BCUT2D eigenvalue weighted by molar-refractivity contribution is 7.10. The van der Waals surface area contributed by atoms with Crippen LogP contribution in [0.15, 0.2) is 60.0 Å². The van der Waals surface area contributed by atoms with E-state index in [0.29, 0.717) is 17.1 Å². The molecule has 0 saturated carbocycles. The van der Waals surface area contributed by atoms with Gasteiger partial charge in [0.25, 0.3) is 5.91 Å². The molecule has 0 saturated heterocycles. The van der Waals surface area contributed by atoms with Crippen LogP contribution in [0.4, 0.5) is 4.39 Å². The van der Waals surface area contributed by atoms with E-state index in [1.54, 1.807) is 30.3 Å². The second-order valence-electron chi connectivity index (χ2n) is 6.51. The molecular formula is C22H22FNO3S. The van der Waals surface area contributed by atoms with Gasteiger partial charge >= 0.3 is 0 Å². The summed E-state index contributed by atoms with van der Waals surface area (Å²) in [5.41, 5.74) is 1.26. The van der Waals surface area contributed by atoms with Crippen molar-refractivity contribution in [1.82, 2.24) is 5.32 Å². The first-order valence-electron chi connectivity index (χ1n) is 8.92. The standard InChI is InChI=1S/C22H22FNO3S/c1-14(2)27-18-11-8-16(13-19(18)26-3)22(25)24-21(20-5-4-12-28-20)15-6-9-17(23)10-7-15/h4-14,21H,1-3H3,(H,24,25). The van der Waals surface area contributed by atoms with Crippen LogP contribution >= 0.6 is 11.3 Å². The summed E-state index contributed by atoms with van der Waals surface area (Å²) in [5, 5.41) is 4.98. The van der Waals surface area contributed by atoms with Crippen LogP contribution in [-0.2, 0) is 0 Å². The normalized spacial score (nSPS) is 11.9. The Morgan fingerprint density at radius 3 is 2.43 bits per heavy atom. The third kappa shape index (κ3) is 4.70. The summed E-state index contributed by atoms with van der Waals surface area (Å²) in [6.45, 7) is 3.85. The summed E-state index contributed by atoms with van der Waals surface area (Å²) in [5.74, 6) is 0.515. The Labute approximate surface area is 167 Å². The number of halogens is 1. The molecule has 0 aliphatic heterocycles. The highest BCUT2D eigenvalue weighted by atomic mass is 32.1. The minimum atomic E-state index is -0.370. The zero-order chi connectivity index (χ0) is 20.1. The van der Waals surface area contributed by atoms with Gasteiger partial charge in [-0.25, -0.2) is 4.39 Å². The molecule has 1 atom stereocenters. The van der Waals surface area contributed by atoms with Gasteiger partial charge in [0, 0.05) is 10.4 Å². The predicted octanol–water partition coefficient (Wildman–Crippen LogP) is 5.20. The molecule has 0 fully saturated rings. The van der Waals surface area contributed by atoms with Gasteiger partial charge in [-0.15, -0.1) is 11.3 Å². The number of hydrogen-bond acceptors (Lipinski definition) is 4. The fourth-order valence-corrected chi connectivity index (χ4v) is 3.61. The summed E-state index contributed by atoms with van der Waals surface area (Å²) < 4.78 is 24.4. The fraction of sp³-hybridized carbons (Fsp3) is 0.227. The van der Waals surface area contributed by atoms with Gasteiger partial charge in [0.2, 0.25) is 0 Å². The van der Waals surface area contributed by atoms with Gasteiger partial charge in [-0.2, -0.15) is 0 Å². The lowest BCUT2D eigenvalue weighted by Gasteiger charge is -2.19. The molecule has 28 heavy (non-hydrogen) atoms. The van der Waals surface area contributed by atoms with E-state index < -0.39 is 0 Å². The number of benzene rings is 2. The monoisotopic (exact) mass is 399 g/mol. The Balaban J connectivity index is 1.87. The highest BCUT2D eigenvalue weighted by Gasteiger charge is 2.20. The zero-order valence-electron chi connectivity index (χ0n) is 15.9. The summed E-state index contributed by atoms with van der Waals surface area (Å²) >= 11 is 1.53. The minimum absolute atomic E-state index is 0.00439. The number of hydrogen-bond donors (Lipinski definition) is 1. The first kappa shape index (κ1) is 19.9. The molecule has 0 aliphatic rings. The van der Waals surface area contributed by atoms with E-state index >= 15 is 0 Å². The number of ether oxygens (including phenoxy) is 2. The summed E-state index contributed by atoms with van der Waals surface area (Å²) in [4.78, 5) is 13.9. The van der Waals surface area contributed by atoms with E-state index in [9.17, 15) is 9.18 Å². The van der Waals surface area contributed by atoms with Crippen molar-refractivity contribution in [2.75, 3.05) is 7.11 Å². The van der Waals surface area contributed by atoms with E-state index in [1.165, 1.54) is 30.6 Å². The lowest BCUT2D eigenvalue weighted by Crippen LogP contribution is -2.28. The molecule has 1 N–H and O–H groups in total. The Kier molecular flexibility index (Phi) is 6.31. The maximum absolute atomic E-state index is 13.3. The van der Waals surface area contributed by atoms with Gasteiger partial charge in [0.05, 0.1) is 19.3 Å². The SMILES string of the molecule is COc1cc(C(=O)NC(c2ccc(F)cc2)c2cccs2)ccc1OC(C)C. The van der Waals surface area contributed by atoms with Crippen LogP contribution in [0.5, 0.6) is 11.5 Å². The Hall–Kier alpha value is -2.86. The van der Waals surface area contributed by atoms with E-state index in [-0.39, 0.29) is 23.9 Å². The lowest BCUT2D eigenvalue weighted by molar-refractivity contribution is 0.0943. The van der Waals surface area contributed by atoms with Crippen LogP contribution < -0.4 is 14.8 Å². The molecule has 3 aromatic rings. The molecular weight excluding hydrogens is 377 g/mol. The van der Waals surface area contributed by atoms with Crippen molar-refractivity contribution in [2.45, 2.75) is 26.0 Å². The van der Waals surface area contributed by atoms with Crippen LogP contribution in [0.3, 0.4) is 0 Å². The van der Waals surface area contributed by atoms with Gasteiger partial charge in [-0.05, 0) is 61.2 Å². The van der Waals surface area contributed by atoms with Gasteiger partial charge in [-0.3, -0.25) is 4.79 Å². The average Bonchev–Trinajstić information content (AvgIpc) is 3.21. The molecule has 6 heteroatoms. The number of rotatable bonds is 7. The summed E-state index contributed by atoms with van der Waals surface area (Å²) in [6.07, 6.45) is -0.00439. The number of methoxy groups -OCH3 is 1. The first-order chi connectivity index (χ1) is 13.5. The van der Waals surface area contributed by atoms with Gasteiger partial charge in [0.1, 0.15) is 5.82 Å². The third-order valence-corrected chi connectivity index (χ3v) is 5.03. The molecule has 4 nitrogen and oxygen atoms in total. The molecule has 2 aromatic carbocycles. The third-order valence-electron chi connectivity index (χ3n) is 4.09. The molecule has 1 amide bonds. The number of carbonyl (C=O) groups is 1. The van der Waals surface area contributed by atoms with Crippen LogP contribution in [0.2, 0.25) is 0 Å². The van der Waals surface area contributed by atoms with Crippen LogP contribution in [0.1, 0.15) is 40.7 Å². The highest BCUT2D eigenvalue weighted by Crippen LogP contribution is 2.30. The van der Waals surface area contributed by atoms with Crippen molar-refractivity contribution in [3.05, 3.63) is 81.8 Å². The lowest BCUT2D eigenvalue weighted by atomic mass is 10.0. The molecule has 1 unspecified atom stereocenters. The molecule has 1 aromatic heterocycles. The van der Waals surface area contributed by atoms with Crippen LogP contribution in [0.25, 0.3) is 0 Å². The summed E-state index contributed by atoms with van der Waals surface area (Å²) in [6, 6.07) is 14.7. The minimum Gasteiger partial charge on any atom is -0.493 e. The van der Waals surface area contributed by atoms with Gasteiger partial charge in [-0.1, -0.05) is 18.2 Å². The zero-order valence-corrected chi connectivity index (χ0v) is 16.8. The molecule has 0 spiro atoms. The van der Waals surface area contributed by atoms with Crippen molar-refractivity contribution >= 4 is 17.2 Å². The van der Waals surface area contributed by atoms with Crippen LogP contribution in [0, 0.1) is 5.82 Å². The fourth-order valence-electron chi connectivity index (χ4n) is 2.80. The number of amides is 1. The van der Waals surface area contributed by atoms with Crippen molar-refractivity contribution in [3.8, 4) is 11.5 Å². The van der Waals surface area contributed by atoms with E-state index in [1.807, 2.05) is 31.4 Å². The molecule has 3 rings (SSSR count). The average molecular weight is 399 g/mol. The van der Waals surface area contributed by atoms with Gasteiger partial charge in [0.15, 0.2) is 11.5 Å². The predicted molar refractivity (Wildman–Crippen MR) is 109 cm³/mol. The smallest absolute Gasteiger partial charge is 0.252 e. The van der Waals surface area contributed by atoms with E-state index in [2.05, 4.69) is 5.32 Å². The maximum Gasteiger partial charge on any atom is 0.252 e. The Morgan fingerprint density at radius 2 is 1.82 bits per heavy atom. The van der Waals surface area contributed by atoms with Crippen molar-refractivity contribution < 1.29 is 18.7 Å². The summed E-state index contributed by atoms with van der Waals surface area (Å²) in [7, 11) is 1.54. The first-order valence-corrected chi connectivity index (χ1v) is 9.80. The van der Waals surface area contributed by atoms with Crippen molar-refractivity contribution in [3.63, 3.8) is 0 Å². The molecule has 1 heterocycles. The number of nitrogens with one attached hydrogen (secondary N) is 1. The quantitative estimate of drug-likeness (QED) is 0.594. The van der Waals surface area contributed by atoms with Gasteiger partial charge < -0.3 is 14.8 Å². The van der Waals surface area contributed by atoms with Crippen LogP contribution in [-0.4, -0.2) is 19.1 Å². The molecule has 0 radical (unpaired) electrons. The number of thiophene rings is 1.